The van der Waals surface area contributed by atoms with Crippen molar-refractivity contribution in [2.45, 2.75) is 39.2 Å². The molecule has 0 heterocycles. The van der Waals surface area contributed by atoms with Crippen molar-refractivity contribution in [2.75, 3.05) is 11.1 Å². The van der Waals surface area contributed by atoms with Crippen LogP contribution in [0.2, 0.25) is 5.02 Å². The summed E-state index contributed by atoms with van der Waals surface area (Å²) in [6, 6.07) is 6.21. The Hall–Kier alpha value is -0.890. The minimum atomic E-state index is 0.546. The van der Waals surface area contributed by atoms with Gasteiger partial charge >= 0.3 is 0 Å². The van der Waals surface area contributed by atoms with Gasteiger partial charge in [-0.1, -0.05) is 25.4 Å². The van der Waals surface area contributed by atoms with E-state index in [0.717, 1.165) is 23.2 Å². The number of anilines is 2. The van der Waals surface area contributed by atoms with Crippen LogP contribution in [-0.2, 0) is 0 Å². The van der Waals surface area contributed by atoms with Gasteiger partial charge in [-0.25, -0.2) is 0 Å². The highest BCUT2D eigenvalue weighted by molar-refractivity contribution is 6.31. The van der Waals surface area contributed by atoms with Gasteiger partial charge in [0.15, 0.2) is 0 Å². The molecular formula is C14H21ClN2. The first kappa shape index (κ1) is 12.6. The zero-order valence-corrected chi connectivity index (χ0v) is 11.3. The average molecular weight is 253 g/mol. The van der Waals surface area contributed by atoms with Crippen LogP contribution in [0.3, 0.4) is 0 Å². The van der Waals surface area contributed by atoms with Gasteiger partial charge in [0, 0.05) is 11.1 Å². The number of rotatable bonds is 2. The average Bonchev–Trinajstić information content (AvgIpc) is 2.27. The van der Waals surface area contributed by atoms with Crippen LogP contribution in [0.25, 0.3) is 0 Å². The summed E-state index contributed by atoms with van der Waals surface area (Å²) in [6.45, 7) is 4.68. The standard InChI is InChI=1S/C14H21ClN2/c1-9-3-5-12(7-10(9)2)17-14-6-4-11(15)8-13(14)16/h4,6,8-10,12,17H,3,5,7,16H2,1-2H3. The summed E-state index contributed by atoms with van der Waals surface area (Å²) in [5, 5.41) is 4.24. The van der Waals surface area contributed by atoms with Crippen LogP contribution in [-0.4, -0.2) is 6.04 Å². The predicted octanol–water partition coefficient (Wildman–Crippen LogP) is 4.16. The highest BCUT2D eigenvalue weighted by Gasteiger charge is 2.24. The van der Waals surface area contributed by atoms with E-state index in [-0.39, 0.29) is 0 Å². The van der Waals surface area contributed by atoms with E-state index < -0.39 is 0 Å². The fourth-order valence-electron chi connectivity index (χ4n) is 2.56. The van der Waals surface area contributed by atoms with Crippen molar-refractivity contribution in [1.29, 1.82) is 0 Å². The summed E-state index contributed by atoms with van der Waals surface area (Å²) in [5.41, 5.74) is 7.71. The fraction of sp³-hybridized carbons (Fsp3) is 0.571. The molecule has 3 heteroatoms. The Bertz CT molecular complexity index is 392. The molecule has 0 saturated heterocycles. The summed E-state index contributed by atoms with van der Waals surface area (Å²) in [6.07, 6.45) is 3.75. The highest BCUT2D eigenvalue weighted by atomic mass is 35.5. The minimum Gasteiger partial charge on any atom is -0.397 e. The molecule has 1 aliphatic carbocycles. The molecule has 0 spiro atoms. The van der Waals surface area contributed by atoms with Gasteiger partial charge in [0.25, 0.3) is 0 Å². The fourth-order valence-corrected chi connectivity index (χ4v) is 2.74. The highest BCUT2D eigenvalue weighted by Crippen LogP contribution is 2.32. The predicted molar refractivity (Wildman–Crippen MR) is 75.5 cm³/mol. The van der Waals surface area contributed by atoms with Gasteiger partial charge in [0.2, 0.25) is 0 Å². The number of hydrogen-bond acceptors (Lipinski definition) is 2. The van der Waals surface area contributed by atoms with E-state index in [9.17, 15) is 0 Å². The molecular weight excluding hydrogens is 232 g/mol. The van der Waals surface area contributed by atoms with E-state index >= 15 is 0 Å². The molecule has 0 aromatic heterocycles. The SMILES string of the molecule is CC1CCC(Nc2ccc(Cl)cc2N)CC1C. The normalized spacial score (nSPS) is 29.0. The summed E-state index contributed by atoms with van der Waals surface area (Å²) < 4.78 is 0. The molecule has 2 rings (SSSR count). The Kier molecular flexibility index (Phi) is 3.82. The van der Waals surface area contributed by atoms with Crippen LogP contribution in [0.1, 0.15) is 33.1 Å². The van der Waals surface area contributed by atoms with Crippen LogP contribution >= 0.6 is 11.6 Å². The molecule has 1 aromatic carbocycles. The van der Waals surface area contributed by atoms with Gasteiger partial charge in [-0.05, 0) is 49.3 Å². The monoisotopic (exact) mass is 252 g/mol. The van der Waals surface area contributed by atoms with E-state index in [1.54, 1.807) is 6.07 Å². The summed E-state index contributed by atoms with van der Waals surface area (Å²) in [7, 11) is 0. The third-order valence-electron chi connectivity index (χ3n) is 3.97. The number of nitrogen functional groups attached to an aromatic ring is 1. The third-order valence-corrected chi connectivity index (χ3v) is 4.21. The molecule has 1 fully saturated rings. The number of hydrogen-bond donors (Lipinski definition) is 2. The second-order valence-electron chi connectivity index (χ2n) is 5.34. The Balaban J connectivity index is 2.01. The van der Waals surface area contributed by atoms with Crippen molar-refractivity contribution in [2.24, 2.45) is 11.8 Å². The van der Waals surface area contributed by atoms with E-state index in [2.05, 4.69) is 19.2 Å². The Morgan fingerprint density at radius 2 is 2.00 bits per heavy atom. The summed E-state index contributed by atoms with van der Waals surface area (Å²) in [4.78, 5) is 0. The first-order valence-corrected chi connectivity index (χ1v) is 6.75. The van der Waals surface area contributed by atoms with E-state index in [1.807, 2.05) is 12.1 Å². The lowest BCUT2D eigenvalue weighted by Crippen LogP contribution is -2.30. The van der Waals surface area contributed by atoms with Crippen LogP contribution in [0.15, 0.2) is 18.2 Å². The molecule has 2 nitrogen and oxygen atoms in total. The van der Waals surface area contributed by atoms with Gasteiger partial charge in [-0.2, -0.15) is 0 Å². The molecule has 3 atom stereocenters. The molecule has 94 valence electrons. The van der Waals surface area contributed by atoms with Gasteiger partial charge in [0.1, 0.15) is 0 Å². The maximum atomic E-state index is 5.95. The Labute approximate surface area is 109 Å². The first-order valence-electron chi connectivity index (χ1n) is 6.38. The number of nitrogens with two attached hydrogens (primary N) is 1. The van der Waals surface area contributed by atoms with Crippen LogP contribution in [0.5, 0.6) is 0 Å². The van der Waals surface area contributed by atoms with Gasteiger partial charge in [0.05, 0.1) is 11.4 Å². The first-order chi connectivity index (χ1) is 8.06. The van der Waals surface area contributed by atoms with Gasteiger partial charge in [-0.3, -0.25) is 0 Å². The second-order valence-corrected chi connectivity index (χ2v) is 5.78. The van der Waals surface area contributed by atoms with Crippen molar-refractivity contribution in [3.63, 3.8) is 0 Å². The third kappa shape index (κ3) is 3.06. The van der Waals surface area contributed by atoms with E-state index in [4.69, 9.17) is 17.3 Å². The van der Waals surface area contributed by atoms with E-state index in [0.29, 0.717) is 11.1 Å². The maximum absolute atomic E-state index is 5.95. The zero-order chi connectivity index (χ0) is 12.4. The van der Waals surface area contributed by atoms with Crippen molar-refractivity contribution in [3.8, 4) is 0 Å². The van der Waals surface area contributed by atoms with Crippen molar-refractivity contribution < 1.29 is 0 Å². The molecule has 0 bridgehead atoms. The smallest absolute Gasteiger partial charge is 0.0577 e. The lowest BCUT2D eigenvalue weighted by Gasteiger charge is -2.33. The molecule has 1 aromatic rings. The molecule has 3 unspecified atom stereocenters. The molecule has 0 aliphatic heterocycles. The van der Waals surface area contributed by atoms with Crippen LogP contribution in [0.4, 0.5) is 11.4 Å². The van der Waals surface area contributed by atoms with E-state index in [1.165, 1.54) is 19.3 Å². The van der Waals surface area contributed by atoms with Crippen molar-refractivity contribution in [3.05, 3.63) is 23.2 Å². The molecule has 1 saturated carbocycles. The minimum absolute atomic E-state index is 0.546. The Morgan fingerprint density at radius 1 is 1.24 bits per heavy atom. The molecule has 0 amide bonds. The van der Waals surface area contributed by atoms with Crippen molar-refractivity contribution >= 4 is 23.0 Å². The molecule has 1 aliphatic rings. The lowest BCUT2D eigenvalue weighted by molar-refractivity contribution is 0.261. The number of benzene rings is 1. The van der Waals surface area contributed by atoms with Gasteiger partial charge in [-0.15, -0.1) is 0 Å². The topological polar surface area (TPSA) is 38.0 Å². The lowest BCUT2D eigenvalue weighted by atomic mass is 9.79. The quantitative estimate of drug-likeness (QED) is 0.776. The Morgan fingerprint density at radius 3 is 2.65 bits per heavy atom. The van der Waals surface area contributed by atoms with Crippen LogP contribution < -0.4 is 11.1 Å². The summed E-state index contributed by atoms with van der Waals surface area (Å²) in [5.74, 6) is 1.63. The largest absolute Gasteiger partial charge is 0.397 e. The number of nitrogens with one attached hydrogen (secondary N) is 1. The number of halogens is 1. The summed E-state index contributed by atoms with van der Waals surface area (Å²) >= 11 is 5.89. The maximum Gasteiger partial charge on any atom is 0.0577 e. The van der Waals surface area contributed by atoms with Crippen molar-refractivity contribution in [1.82, 2.24) is 0 Å². The second kappa shape index (κ2) is 5.18. The molecule has 3 N–H and O–H groups in total. The molecule has 17 heavy (non-hydrogen) atoms. The van der Waals surface area contributed by atoms with Gasteiger partial charge < -0.3 is 11.1 Å². The zero-order valence-electron chi connectivity index (χ0n) is 10.5. The molecule has 0 radical (unpaired) electrons. The van der Waals surface area contributed by atoms with Crippen LogP contribution in [0, 0.1) is 11.8 Å².